The smallest absolute Gasteiger partial charge is 0.227 e. The molecule has 4 nitrogen and oxygen atoms in total. The van der Waals surface area contributed by atoms with Crippen molar-refractivity contribution in [2.45, 2.75) is 31.7 Å². The van der Waals surface area contributed by atoms with Gasteiger partial charge < -0.3 is 9.64 Å². The minimum Gasteiger partial charge on any atom is -0.497 e. The molecule has 0 bridgehead atoms. The number of amides is 1. The average Bonchev–Trinajstić information content (AvgIpc) is 2.80. The van der Waals surface area contributed by atoms with Gasteiger partial charge in [0.1, 0.15) is 11.6 Å². The normalized spacial score (nSPS) is 16.3. The number of methoxy groups -OCH3 is 1. The van der Waals surface area contributed by atoms with Crippen LogP contribution < -0.4 is 4.74 Å². The van der Waals surface area contributed by atoms with E-state index in [1.165, 1.54) is 12.1 Å². The molecule has 30 heavy (non-hydrogen) atoms. The maximum atomic E-state index is 13.2. The molecular weight excluding hydrogens is 379 g/mol. The predicted octanol–water partition coefficient (Wildman–Crippen LogP) is 5.19. The Morgan fingerprint density at radius 1 is 1.07 bits per heavy atom. The number of benzene rings is 2. The summed E-state index contributed by atoms with van der Waals surface area (Å²) < 4.78 is 18.4. The molecule has 1 aliphatic heterocycles. The number of carbonyl (C=O) groups excluding carboxylic acids is 1. The summed E-state index contributed by atoms with van der Waals surface area (Å²) >= 11 is 0. The molecule has 1 amide bonds. The number of carbonyl (C=O) groups is 1. The van der Waals surface area contributed by atoms with Crippen molar-refractivity contribution in [3.8, 4) is 17.0 Å². The summed E-state index contributed by atoms with van der Waals surface area (Å²) in [6.45, 7) is 0.763. The van der Waals surface area contributed by atoms with Crippen molar-refractivity contribution in [3.63, 3.8) is 0 Å². The van der Waals surface area contributed by atoms with E-state index >= 15 is 0 Å². The summed E-state index contributed by atoms with van der Waals surface area (Å²) in [5, 5.41) is 0. The highest BCUT2D eigenvalue weighted by molar-refractivity contribution is 5.79. The van der Waals surface area contributed by atoms with Crippen molar-refractivity contribution in [3.05, 3.63) is 83.8 Å². The number of aromatic nitrogens is 1. The molecule has 0 N–H and O–H groups in total. The van der Waals surface area contributed by atoms with E-state index < -0.39 is 0 Å². The molecule has 3 aromatic rings. The highest BCUT2D eigenvalue weighted by atomic mass is 19.1. The summed E-state index contributed by atoms with van der Waals surface area (Å²) in [6.07, 6.45) is 5.28. The van der Waals surface area contributed by atoms with Crippen LogP contribution in [-0.4, -0.2) is 29.4 Å². The lowest BCUT2D eigenvalue weighted by atomic mass is 9.95. The van der Waals surface area contributed by atoms with Gasteiger partial charge in [0, 0.05) is 18.3 Å². The molecule has 2 heterocycles. The molecule has 0 saturated carbocycles. The molecule has 2 aromatic carbocycles. The Kier molecular flexibility index (Phi) is 6.07. The molecule has 0 radical (unpaired) electrons. The molecule has 1 saturated heterocycles. The molecule has 1 aromatic heterocycles. The number of nitrogens with zero attached hydrogens (tertiary/aromatic N) is 2. The fourth-order valence-electron chi connectivity index (χ4n) is 3.99. The molecule has 1 unspecified atom stereocenters. The lowest BCUT2D eigenvalue weighted by molar-refractivity contribution is -0.134. The van der Waals surface area contributed by atoms with Gasteiger partial charge in [0.05, 0.1) is 25.3 Å². The van der Waals surface area contributed by atoms with Gasteiger partial charge in [0.15, 0.2) is 0 Å². The molecular formula is C25H25FN2O2. The largest absolute Gasteiger partial charge is 0.497 e. The highest BCUT2D eigenvalue weighted by Gasteiger charge is 2.28. The van der Waals surface area contributed by atoms with E-state index in [-0.39, 0.29) is 17.8 Å². The van der Waals surface area contributed by atoms with Gasteiger partial charge in [0.2, 0.25) is 5.91 Å². The van der Waals surface area contributed by atoms with Crippen LogP contribution in [-0.2, 0) is 11.2 Å². The van der Waals surface area contributed by atoms with Crippen LogP contribution in [0.4, 0.5) is 4.39 Å². The first-order chi connectivity index (χ1) is 14.6. The van der Waals surface area contributed by atoms with E-state index in [4.69, 9.17) is 4.74 Å². The highest BCUT2D eigenvalue weighted by Crippen LogP contribution is 2.32. The number of pyridine rings is 1. The number of likely N-dealkylation sites (tertiary alicyclic amines) is 1. The van der Waals surface area contributed by atoms with Crippen molar-refractivity contribution in [2.75, 3.05) is 13.7 Å². The first-order valence-corrected chi connectivity index (χ1v) is 10.3. The summed E-state index contributed by atoms with van der Waals surface area (Å²) in [4.78, 5) is 19.6. The van der Waals surface area contributed by atoms with Crippen molar-refractivity contribution < 1.29 is 13.9 Å². The number of hydrogen-bond donors (Lipinski definition) is 0. The monoisotopic (exact) mass is 404 g/mol. The van der Waals surface area contributed by atoms with Gasteiger partial charge in [-0.25, -0.2) is 4.39 Å². The lowest BCUT2D eigenvalue weighted by Crippen LogP contribution is -2.39. The van der Waals surface area contributed by atoms with E-state index in [0.29, 0.717) is 6.42 Å². The van der Waals surface area contributed by atoms with E-state index in [2.05, 4.69) is 4.98 Å². The van der Waals surface area contributed by atoms with Crippen LogP contribution in [0, 0.1) is 5.82 Å². The Morgan fingerprint density at radius 2 is 1.83 bits per heavy atom. The summed E-state index contributed by atoms with van der Waals surface area (Å²) in [7, 11) is 1.63. The van der Waals surface area contributed by atoms with Crippen molar-refractivity contribution in [2.24, 2.45) is 0 Å². The maximum absolute atomic E-state index is 13.2. The average molecular weight is 404 g/mol. The van der Waals surface area contributed by atoms with Crippen LogP contribution in [0.3, 0.4) is 0 Å². The second-order valence-corrected chi connectivity index (χ2v) is 7.61. The molecule has 4 rings (SSSR count). The molecule has 5 heteroatoms. The van der Waals surface area contributed by atoms with Crippen LogP contribution in [0.25, 0.3) is 11.3 Å². The van der Waals surface area contributed by atoms with Crippen molar-refractivity contribution in [1.82, 2.24) is 9.88 Å². The Labute approximate surface area is 176 Å². The number of rotatable bonds is 5. The zero-order valence-electron chi connectivity index (χ0n) is 17.1. The van der Waals surface area contributed by atoms with Gasteiger partial charge >= 0.3 is 0 Å². The van der Waals surface area contributed by atoms with Gasteiger partial charge in [-0.15, -0.1) is 0 Å². The fourth-order valence-corrected chi connectivity index (χ4v) is 3.99. The molecule has 0 spiro atoms. The van der Waals surface area contributed by atoms with Gasteiger partial charge in [0.25, 0.3) is 0 Å². The zero-order chi connectivity index (χ0) is 20.9. The van der Waals surface area contributed by atoms with Crippen molar-refractivity contribution >= 4 is 5.91 Å². The van der Waals surface area contributed by atoms with Gasteiger partial charge in [-0.1, -0.05) is 18.2 Å². The second kappa shape index (κ2) is 9.08. The van der Waals surface area contributed by atoms with Crippen LogP contribution in [0.2, 0.25) is 0 Å². The fraction of sp³-hybridized carbons (Fsp3) is 0.280. The summed E-state index contributed by atoms with van der Waals surface area (Å²) in [5.41, 5.74) is 3.70. The zero-order valence-corrected chi connectivity index (χ0v) is 17.1. The third kappa shape index (κ3) is 4.51. The number of ether oxygens (including phenoxy) is 1. The number of halogens is 1. The van der Waals surface area contributed by atoms with E-state index in [9.17, 15) is 9.18 Å². The Hall–Kier alpha value is -3.21. The van der Waals surface area contributed by atoms with E-state index in [1.807, 2.05) is 47.5 Å². The number of piperidine rings is 1. The summed E-state index contributed by atoms with van der Waals surface area (Å²) in [6, 6.07) is 18.0. The van der Waals surface area contributed by atoms with Crippen LogP contribution in [0.15, 0.2) is 66.9 Å². The minimum atomic E-state index is -0.261. The topological polar surface area (TPSA) is 42.4 Å². The van der Waals surface area contributed by atoms with Gasteiger partial charge in [-0.2, -0.15) is 0 Å². The Balaban J connectivity index is 1.49. The Bertz CT molecular complexity index is 985. The minimum absolute atomic E-state index is 0.0410. The van der Waals surface area contributed by atoms with Crippen LogP contribution in [0.1, 0.15) is 36.4 Å². The van der Waals surface area contributed by atoms with Gasteiger partial charge in [-0.05, 0) is 72.9 Å². The third-order valence-corrected chi connectivity index (χ3v) is 5.65. The first-order valence-electron chi connectivity index (χ1n) is 10.3. The molecule has 1 atom stereocenters. The van der Waals surface area contributed by atoms with Crippen molar-refractivity contribution in [1.29, 1.82) is 0 Å². The molecule has 0 aliphatic carbocycles. The van der Waals surface area contributed by atoms with Crippen LogP contribution in [0.5, 0.6) is 5.75 Å². The molecule has 1 fully saturated rings. The quantitative estimate of drug-likeness (QED) is 0.588. The summed E-state index contributed by atoms with van der Waals surface area (Å²) in [5.74, 6) is 0.658. The van der Waals surface area contributed by atoms with Crippen LogP contribution >= 0.6 is 0 Å². The second-order valence-electron chi connectivity index (χ2n) is 7.61. The first kappa shape index (κ1) is 20.1. The SMILES string of the molecule is COc1ccc(CC(=O)N2CCCCC2c2ccc(-c3ccc(F)cc3)nc2)cc1. The third-order valence-electron chi connectivity index (χ3n) is 5.65. The Morgan fingerprint density at radius 3 is 2.50 bits per heavy atom. The molecule has 154 valence electrons. The maximum Gasteiger partial charge on any atom is 0.227 e. The lowest BCUT2D eigenvalue weighted by Gasteiger charge is -2.36. The molecule has 1 aliphatic rings. The number of hydrogen-bond acceptors (Lipinski definition) is 3. The van der Waals surface area contributed by atoms with E-state index in [0.717, 1.165) is 53.9 Å². The van der Waals surface area contributed by atoms with Gasteiger partial charge in [-0.3, -0.25) is 9.78 Å². The standard InChI is InChI=1S/C25H25FN2O2/c1-30-22-12-5-18(6-13-22)16-25(29)28-15-3-2-4-24(28)20-9-14-23(27-17-20)19-7-10-21(26)11-8-19/h5-14,17,24H,2-4,15-16H2,1H3. The van der Waals surface area contributed by atoms with E-state index in [1.54, 1.807) is 19.2 Å². The predicted molar refractivity (Wildman–Crippen MR) is 115 cm³/mol.